The summed E-state index contributed by atoms with van der Waals surface area (Å²) in [5.74, 6) is 2.02. The minimum atomic E-state index is 0.372. The largest absolute Gasteiger partial charge is 0.497 e. The van der Waals surface area contributed by atoms with Gasteiger partial charge in [-0.3, -0.25) is 5.43 Å². The second-order valence-corrected chi connectivity index (χ2v) is 7.22. The zero-order valence-electron chi connectivity index (χ0n) is 17.1. The molecule has 3 aromatic rings. The van der Waals surface area contributed by atoms with Crippen LogP contribution in [0.15, 0.2) is 71.8 Å². The second kappa shape index (κ2) is 11.2. The van der Waals surface area contributed by atoms with E-state index in [1.165, 1.54) is 0 Å². The first-order valence-electron chi connectivity index (χ1n) is 9.37. The average Bonchev–Trinajstić information content (AvgIpc) is 2.79. The first-order chi connectivity index (χ1) is 15.1. The second-order valence-electron chi connectivity index (χ2n) is 6.38. The Morgan fingerprint density at radius 3 is 2.39 bits per heavy atom. The molecule has 0 aliphatic rings. The van der Waals surface area contributed by atoms with Gasteiger partial charge in [0.1, 0.15) is 12.4 Å². The maximum Gasteiger partial charge on any atom is 0.191 e. The van der Waals surface area contributed by atoms with E-state index in [-0.39, 0.29) is 0 Å². The number of halogens is 1. The number of nitrogens with zero attached hydrogens (tertiary/aromatic N) is 1. The summed E-state index contributed by atoms with van der Waals surface area (Å²) in [4.78, 5) is 0. The number of methoxy groups -OCH3 is 2. The number of hydrogen-bond donors (Lipinski definition) is 2. The highest BCUT2D eigenvalue weighted by molar-refractivity contribution is 7.80. The van der Waals surface area contributed by atoms with Crippen molar-refractivity contribution in [1.82, 2.24) is 5.43 Å². The van der Waals surface area contributed by atoms with Gasteiger partial charge in [0, 0.05) is 10.7 Å². The molecule has 8 heteroatoms. The molecule has 6 nitrogen and oxygen atoms in total. The van der Waals surface area contributed by atoms with E-state index in [0.29, 0.717) is 28.2 Å². The molecule has 0 aliphatic carbocycles. The number of anilines is 1. The first-order valence-corrected chi connectivity index (χ1v) is 10.2. The molecule has 0 saturated heterocycles. The molecule has 3 aromatic carbocycles. The first kappa shape index (κ1) is 22.4. The lowest BCUT2D eigenvalue weighted by atomic mass is 10.2. The molecule has 0 radical (unpaired) electrons. The molecule has 2 N–H and O–H groups in total. The number of rotatable bonds is 8. The van der Waals surface area contributed by atoms with E-state index in [0.717, 1.165) is 22.6 Å². The normalized spacial score (nSPS) is 10.5. The molecule has 0 aliphatic heterocycles. The van der Waals surface area contributed by atoms with E-state index in [2.05, 4.69) is 15.8 Å². The number of hydrazone groups is 1. The molecule has 31 heavy (non-hydrogen) atoms. The Morgan fingerprint density at radius 1 is 0.968 bits per heavy atom. The van der Waals surface area contributed by atoms with Crippen LogP contribution in [0.1, 0.15) is 11.1 Å². The van der Waals surface area contributed by atoms with Crippen molar-refractivity contribution in [3.63, 3.8) is 0 Å². The van der Waals surface area contributed by atoms with Gasteiger partial charge in [-0.25, -0.2) is 0 Å². The van der Waals surface area contributed by atoms with Crippen molar-refractivity contribution in [3.8, 4) is 17.2 Å². The molecule has 0 bridgehead atoms. The molecule has 0 unspecified atom stereocenters. The SMILES string of the molecule is COc1ccc(NC(=S)N/N=C/c2ccc(OCc3ccc(Cl)cc3)c(OC)c2)cc1. The van der Waals surface area contributed by atoms with Crippen LogP contribution in [-0.4, -0.2) is 25.5 Å². The Balaban J connectivity index is 1.55. The van der Waals surface area contributed by atoms with Crippen LogP contribution in [-0.2, 0) is 6.61 Å². The van der Waals surface area contributed by atoms with Gasteiger partial charge >= 0.3 is 0 Å². The average molecular weight is 456 g/mol. The van der Waals surface area contributed by atoms with E-state index < -0.39 is 0 Å². The molecule has 0 spiro atoms. The lowest BCUT2D eigenvalue weighted by molar-refractivity contribution is 0.284. The van der Waals surface area contributed by atoms with Crippen LogP contribution in [0.4, 0.5) is 5.69 Å². The van der Waals surface area contributed by atoms with Gasteiger partial charge in [-0.05, 0) is 77.9 Å². The highest BCUT2D eigenvalue weighted by Gasteiger charge is 2.06. The van der Waals surface area contributed by atoms with Gasteiger partial charge in [0.15, 0.2) is 16.6 Å². The van der Waals surface area contributed by atoms with E-state index in [4.69, 9.17) is 38.0 Å². The van der Waals surface area contributed by atoms with Crippen molar-refractivity contribution >= 4 is 40.8 Å². The van der Waals surface area contributed by atoms with Gasteiger partial charge < -0.3 is 19.5 Å². The Labute approximate surface area is 191 Å². The summed E-state index contributed by atoms with van der Waals surface area (Å²) in [6.07, 6.45) is 1.65. The van der Waals surface area contributed by atoms with Gasteiger partial charge in [0.25, 0.3) is 0 Å². The Morgan fingerprint density at radius 2 is 1.71 bits per heavy atom. The summed E-state index contributed by atoms with van der Waals surface area (Å²) in [7, 11) is 3.22. The minimum Gasteiger partial charge on any atom is -0.497 e. The molecular weight excluding hydrogens is 434 g/mol. The van der Waals surface area contributed by atoms with Crippen LogP contribution in [0.2, 0.25) is 5.02 Å². The summed E-state index contributed by atoms with van der Waals surface area (Å²) in [6, 6.07) is 20.5. The Hall–Kier alpha value is -3.29. The molecule has 0 heterocycles. The zero-order chi connectivity index (χ0) is 22.1. The fourth-order valence-electron chi connectivity index (χ4n) is 2.62. The summed E-state index contributed by atoms with van der Waals surface area (Å²) in [5, 5.41) is 8.27. The summed E-state index contributed by atoms with van der Waals surface area (Å²) < 4.78 is 16.4. The van der Waals surface area contributed by atoms with Crippen LogP contribution >= 0.6 is 23.8 Å². The lowest BCUT2D eigenvalue weighted by Gasteiger charge is -2.11. The molecule has 3 rings (SSSR count). The van der Waals surface area contributed by atoms with Crippen LogP contribution in [0, 0.1) is 0 Å². The number of thiocarbonyl (C=S) groups is 1. The van der Waals surface area contributed by atoms with Gasteiger partial charge in [0.2, 0.25) is 0 Å². The predicted octanol–water partition coefficient (Wildman–Crippen LogP) is 5.26. The molecule has 0 fully saturated rings. The molecule has 160 valence electrons. The van der Waals surface area contributed by atoms with Crippen LogP contribution in [0.25, 0.3) is 0 Å². The maximum absolute atomic E-state index is 5.91. The number of ether oxygens (including phenoxy) is 3. The van der Waals surface area contributed by atoms with E-state index in [1.54, 1.807) is 20.4 Å². The van der Waals surface area contributed by atoms with Crippen LogP contribution in [0.3, 0.4) is 0 Å². The van der Waals surface area contributed by atoms with Crippen LogP contribution < -0.4 is 25.0 Å². The highest BCUT2D eigenvalue weighted by Crippen LogP contribution is 2.28. The Kier molecular flexibility index (Phi) is 8.09. The van der Waals surface area contributed by atoms with Crippen molar-refractivity contribution in [2.45, 2.75) is 6.61 Å². The molecular formula is C23H22ClN3O3S. The number of hydrogen-bond acceptors (Lipinski definition) is 5. The van der Waals surface area contributed by atoms with Crippen LogP contribution in [0.5, 0.6) is 17.2 Å². The van der Waals surface area contributed by atoms with E-state index in [9.17, 15) is 0 Å². The van der Waals surface area contributed by atoms with Gasteiger partial charge in [-0.1, -0.05) is 23.7 Å². The van der Waals surface area contributed by atoms with Crippen molar-refractivity contribution < 1.29 is 14.2 Å². The third-order valence-electron chi connectivity index (χ3n) is 4.22. The van der Waals surface area contributed by atoms with Gasteiger partial charge in [0.05, 0.1) is 20.4 Å². The fraction of sp³-hybridized carbons (Fsp3) is 0.130. The standard InChI is InChI=1S/C23H22ClN3O3S/c1-28-20-10-8-19(9-11-20)26-23(31)27-25-14-17-5-12-21(22(13-17)29-2)30-15-16-3-6-18(24)7-4-16/h3-14H,15H2,1-2H3,(H2,26,27,31)/b25-14+. The summed E-state index contributed by atoms with van der Waals surface area (Å²) in [5.41, 5.74) is 5.46. The van der Waals surface area contributed by atoms with Gasteiger partial charge in [-0.15, -0.1) is 0 Å². The van der Waals surface area contributed by atoms with Gasteiger partial charge in [-0.2, -0.15) is 5.10 Å². The molecule has 0 atom stereocenters. The molecule has 0 amide bonds. The number of benzene rings is 3. The predicted molar refractivity (Wildman–Crippen MR) is 129 cm³/mol. The highest BCUT2D eigenvalue weighted by atomic mass is 35.5. The topological polar surface area (TPSA) is 64.1 Å². The summed E-state index contributed by atoms with van der Waals surface area (Å²) in [6.45, 7) is 0.411. The van der Waals surface area contributed by atoms with Crippen molar-refractivity contribution in [2.24, 2.45) is 5.10 Å². The van der Waals surface area contributed by atoms with Crippen molar-refractivity contribution in [3.05, 3.63) is 82.9 Å². The zero-order valence-corrected chi connectivity index (χ0v) is 18.7. The summed E-state index contributed by atoms with van der Waals surface area (Å²) >= 11 is 11.2. The van der Waals surface area contributed by atoms with Crippen molar-refractivity contribution in [2.75, 3.05) is 19.5 Å². The monoisotopic (exact) mass is 455 g/mol. The molecule has 0 saturated carbocycles. The minimum absolute atomic E-state index is 0.372. The van der Waals surface area contributed by atoms with Crippen molar-refractivity contribution in [1.29, 1.82) is 0 Å². The molecule has 0 aromatic heterocycles. The maximum atomic E-state index is 5.91. The number of nitrogens with one attached hydrogen (secondary N) is 2. The smallest absolute Gasteiger partial charge is 0.191 e. The fourth-order valence-corrected chi connectivity index (χ4v) is 2.92. The quantitative estimate of drug-likeness (QED) is 0.274. The third kappa shape index (κ3) is 6.87. The van der Waals surface area contributed by atoms with E-state index in [1.807, 2.05) is 66.7 Å². The lowest BCUT2D eigenvalue weighted by Crippen LogP contribution is -2.23. The third-order valence-corrected chi connectivity index (χ3v) is 4.67. The Bertz CT molecular complexity index is 1040. The van der Waals surface area contributed by atoms with E-state index >= 15 is 0 Å².